The lowest BCUT2D eigenvalue weighted by atomic mass is 10.2. The van der Waals surface area contributed by atoms with Crippen LogP contribution in [0.15, 0.2) is 84.0 Å². The number of carbonyl (C=O) groups excluding carboxylic acids is 1. The molecule has 1 heterocycles. The minimum absolute atomic E-state index is 0.0516. The minimum Gasteiger partial charge on any atom is -0.497 e. The zero-order valence-electron chi connectivity index (χ0n) is 19.6. The maximum Gasteiger partial charge on any atom is 0.335 e. The molecule has 0 fully saturated rings. The number of aromatic carboxylic acids is 1. The second kappa shape index (κ2) is 11.4. The second-order valence-electron chi connectivity index (χ2n) is 7.67. The molecule has 0 saturated heterocycles. The first-order valence-corrected chi connectivity index (χ1v) is 12.0. The summed E-state index contributed by atoms with van der Waals surface area (Å²) in [5, 5.41) is 21.1. The number of nitrogens with zero attached hydrogens (tertiary/aromatic N) is 3. The van der Waals surface area contributed by atoms with Gasteiger partial charge in [0.1, 0.15) is 11.5 Å². The normalized spacial score (nSPS) is 11.5. The number of amides is 1. The molecule has 0 saturated carbocycles. The third-order valence-electron chi connectivity index (χ3n) is 5.13. The van der Waals surface area contributed by atoms with E-state index in [4.69, 9.17) is 14.6 Å². The van der Waals surface area contributed by atoms with Gasteiger partial charge >= 0.3 is 5.97 Å². The molecule has 1 aromatic heterocycles. The molecule has 36 heavy (non-hydrogen) atoms. The highest BCUT2D eigenvalue weighted by molar-refractivity contribution is 7.99. The highest BCUT2D eigenvalue weighted by atomic mass is 32.2. The molecule has 10 heteroatoms. The number of benzene rings is 3. The molecule has 0 aliphatic carbocycles. The third kappa shape index (κ3) is 6.02. The molecular formula is C26H24N4O5S. The van der Waals surface area contributed by atoms with Gasteiger partial charge < -0.3 is 19.9 Å². The van der Waals surface area contributed by atoms with Gasteiger partial charge in [-0.3, -0.25) is 9.36 Å². The van der Waals surface area contributed by atoms with Crippen molar-refractivity contribution in [2.75, 3.05) is 18.2 Å². The summed E-state index contributed by atoms with van der Waals surface area (Å²) in [6.45, 7) is 1.88. The SMILES string of the molecule is COc1ccc(OC(C)c2nnc(SCC(=O)Nc3cccc(C(=O)O)c3)n2-c2ccccc2)cc1. The van der Waals surface area contributed by atoms with Crippen molar-refractivity contribution in [2.45, 2.75) is 18.2 Å². The van der Waals surface area contributed by atoms with Crippen LogP contribution in [0.3, 0.4) is 0 Å². The smallest absolute Gasteiger partial charge is 0.335 e. The highest BCUT2D eigenvalue weighted by Gasteiger charge is 2.22. The van der Waals surface area contributed by atoms with E-state index in [1.807, 2.05) is 66.1 Å². The van der Waals surface area contributed by atoms with E-state index in [0.29, 0.717) is 22.4 Å². The molecule has 2 N–H and O–H groups in total. The van der Waals surface area contributed by atoms with E-state index in [9.17, 15) is 9.59 Å². The summed E-state index contributed by atoms with van der Waals surface area (Å²) < 4.78 is 13.1. The van der Waals surface area contributed by atoms with Crippen molar-refractivity contribution in [1.29, 1.82) is 0 Å². The highest BCUT2D eigenvalue weighted by Crippen LogP contribution is 2.28. The van der Waals surface area contributed by atoms with E-state index in [1.165, 1.54) is 23.9 Å². The Labute approximate surface area is 212 Å². The van der Waals surface area contributed by atoms with Gasteiger partial charge in [0.05, 0.1) is 18.4 Å². The number of carbonyl (C=O) groups is 2. The fourth-order valence-corrected chi connectivity index (χ4v) is 4.18. The van der Waals surface area contributed by atoms with Gasteiger partial charge in [-0.15, -0.1) is 10.2 Å². The van der Waals surface area contributed by atoms with Crippen molar-refractivity contribution < 1.29 is 24.2 Å². The Morgan fingerprint density at radius 2 is 1.72 bits per heavy atom. The Hall–Kier alpha value is -4.31. The molecule has 1 amide bonds. The Kier molecular flexibility index (Phi) is 7.86. The van der Waals surface area contributed by atoms with Crippen molar-refractivity contribution in [3.05, 3.63) is 90.3 Å². The van der Waals surface area contributed by atoms with E-state index in [0.717, 1.165) is 11.4 Å². The number of hydrogen-bond donors (Lipinski definition) is 2. The predicted molar refractivity (Wildman–Crippen MR) is 136 cm³/mol. The molecule has 4 rings (SSSR count). The Morgan fingerprint density at radius 3 is 2.42 bits per heavy atom. The van der Waals surface area contributed by atoms with Crippen LogP contribution in [0.25, 0.3) is 5.69 Å². The number of ether oxygens (including phenoxy) is 2. The number of carboxylic acid groups (broad SMARTS) is 1. The maximum atomic E-state index is 12.6. The molecule has 0 spiro atoms. The largest absolute Gasteiger partial charge is 0.497 e. The van der Waals surface area contributed by atoms with Crippen LogP contribution in [0.2, 0.25) is 0 Å². The van der Waals surface area contributed by atoms with E-state index in [-0.39, 0.29) is 17.2 Å². The molecule has 1 unspecified atom stereocenters. The van der Waals surface area contributed by atoms with Gasteiger partial charge in [-0.05, 0) is 61.5 Å². The second-order valence-corrected chi connectivity index (χ2v) is 8.61. The van der Waals surface area contributed by atoms with E-state index in [2.05, 4.69) is 15.5 Å². The quantitative estimate of drug-likeness (QED) is 0.295. The maximum absolute atomic E-state index is 12.6. The number of para-hydroxylation sites is 1. The lowest BCUT2D eigenvalue weighted by Crippen LogP contribution is -2.15. The zero-order chi connectivity index (χ0) is 25.5. The molecule has 4 aromatic rings. The van der Waals surface area contributed by atoms with Gasteiger partial charge in [-0.25, -0.2) is 4.79 Å². The lowest BCUT2D eigenvalue weighted by Gasteiger charge is -2.17. The molecule has 184 valence electrons. The summed E-state index contributed by atoms with van der Waals surface area (Å²) in [7, 11) is 1.60. The summed E-state index contributed by atoms with van der Waals surface area (Å²) in [6.07, 6.45) is -0.437. The molecule has 1 atom stereocenters. The molecule has 3 aromatic carbocycles. The van der Waals surface area contributed by atoms with Crippen LogP contribution < -0.4 is 14.8 Å². The van der Waals surface area contributed by atoms with E-state index >= 15 is 0 Å². The first kappa shape index (κ1) is 24.8. The van der Waals surface area contributed by atoms with Gasteiger partial charge in [-0.2, -0.15) is 0 Å². The van der Waals surface area contributed by atoms with Gasteiger partial charge in [0, 0.05) is 11.4 Å². The van der Waals surface area contributed by atoms with Crippen molar-refractivity contribution >= 4 is 29.3 Å². The summed E-state index contributed by atoms with van der Waals surface area (Å²) >= 11 is 1.22. The summed E-state index contributed by atoms with van der Waals surface area (Å²) in [5.74, 6) is 0.658. The topological polar surface area (TPSA) is 116 Å². The first-order chi connectivity index (χ1) is 17.4. The number of methoxy groups -OCH3 is 1. The summed E-state index contributed by atoms with van der Waals surface area (Å²) in [5.41, 5.74) is 1.34. The number of carboxylic acids is 1. The lowest BCUT2D eigenvalue weighted by molar-refractivity contribution is -0.113. The van der Waals surface area contributed by atoms with E-state index in [1.54, 1.807) is 19.2 Å². The van der Waals surface area contributed by atoms with Crippen molar-refractivity contribution in [3.63, 3.8) is 0 Å². The molecule has 0 aliphatic heterocycles. The van der Waals surface area contributed by atoms with Crippen LogP contribution in [0.4, 0.5) is 5.69 Å². The first-order valence-electron chi connectivity index (χ1n) is 11.0. The third-order valence-corrected chi connectivity index (χ3v) is 6.06. The number of hydrogen-bond acceptors (Lipinski definition) is 7. The van der Waals surface area contributed by atoms with Gasteiger partial charge in [0.2, 0.25) is 5.91 Å². The fraction of sp³-hybridized carbons (Fsp3) is 0.154. The van der Waals surface area contributed by atoms with Gasteiger partial charge in [0.25, 0.3) is 0 Å². The Bertz CT molecular complexity index is 1340. The standard InChI is InChI=1S/C26H24N4O5S/c1-17(35-22-13-11-21(34-2)12-14-22)24-28-29-26(30(24)20-9-4-3-5-10-20)36-16-23(31)27-19-8-6-7-18(15-19)25(32)33/h3-15,17H,16H2,1-2H3,(H,27,31)(H,32,33). The minimum atomic E-state index is -1.06. The Morgan fingerprint density at radius 1 is 1.00 bits per heavy atom. The number of rotatable bonds is 10. The van der Waals surface area contributed by atoms with Gasteiger partial charge in [0.15, 0.2) is 17.1 Å². The molecule has 0 bridgehead atoms. The average Bonchev–Trinajstić information content (AvgIpc) is 3.33. The summed E-state index contributed by atoms with van der Waals surface area (Å²) in [4.78, 5) is 23.7. The monoisotopic (exact) mass is 504 g/mol. The van der Waals surface area contributed by atoms with Crippen LogP contribution in [-0.4, -0.2) is 44.6 Å². The Balaban J connectivity index is 1.51. The number of aromatic nitrogens is 3. The molecule has 0 radical (unpaired) electrons. The van der Waals surface area contributed by atoms with Crippen molar-refractivity contribution in [1.82, 2.24) is 14.8 Å². The summed E-state index contributed by atoms with van der Waals surface area (Å²) in [6, 6.07) is 22.9. The van der Waals surface area contributed by atoms with Crippen LogP contribution in [0.1, 0.15) is 29.2 Å². The fourth-order valence-electron chi connectivity index (χ4n) is 3.43. The van der Waals surface area contributed by atoms with Gasteiger partial charge in [-0.1, -0.05) is 36.0 Å². The molecule has 0 aliphatic rings. The van der Waals surface area contributed by atoms with Crippen LogP contribution in [-0.2, 0) is 4.79 Å². The van der Waals surface area contributed by atoms with Crippen LogP contribution >= 0.6 is 11.8 Å². The van der Waals surface area contributed by atoms with Crippen LogP contribution in [0.5, 0.6) is 11.5 Å². The van der Waals surface area contributed by atoms with Crippen molar-refractivity contribution in [3.8, 4) is 17.2 Å². The average molecular weight is 505 g/mol. The molecule has 9 nitrogen and oxygen atoms in total. The number of anilines is 1. The number of nitrogens with one attached hydrogen (secondary N) is 1. The van der Waals surface area contributed by atoms with E-state index < -0.39 is 12.1 Å². The molecular weight excluding hydrogens is 480 g/mol. The number of thioether (sulfide) groups is 1. The van der Waals surface area contributed by atoms with Crippen LogP contribution in [0, 0.1) is 0 Å². The zero-order valence-corrected chi connectivity index (χ0v) is 20.4. The predicted octanol–water partition coefficient (Wildman–Crippen LogP) is 4.84. The van der Waals surface area contributed by atoms with Crippen molar-refractivity contribution in [2.24, 2.45) is 0 Å².